The number of carbonyl (C=O) groups is 1. The predicted octanol–water partition coefficient (Wildman–Crippen LogP) is 1.88. The summed E-state index contributed by atoms with van der Waals surface area (Å²) in [7, 11) is 2.74. The molecule has 4 nitrogen and oxygen atoms in total. The lowest BCUT2D eigenvalue weighted by Crippen LogP contribution is -1.96. The first-order valence-corrected chi connectivity index (χ1v) is 4.12. The number of methoxy groups -OCH3 is 2. The molecule has 1 aromatic rings. The highest BCUT2D eigenvalue weighted by Crippen LogP contribution is 2.40. The van der Waals surface area contributed by atoms with Gasteiger partial charge >= 0.3 is 0 Å². The molecule has 0 saturated heterocycles. The van der Waals surface area contributed by atoms with Gasteiger partial charge in [0.05, 0.1) is 14.2 Å². The van der Waals surface area contributed by atoms with Crippen molar-refractivity contribution in [3.63, 3.8) is 0 Å². The van der Waals surface area contributed by atoms with E-state index in [1.165, 1.54) is 20.3 Å². The SMILES string of the molecule is COc1cc(O)c(Cl)c(OC)c1C=O. The van der Waals surface area contributed by atoms with Crippen LogP contribution in [-0.2, 0) is 0 Å². The number of aldehydes is 1. The molecule has 0 spiro atoms. The lowest BCUT2D eigenvalue weighted by molar-refractivity contribution is 0.111. The highest BCUT2D eigenvalue weighted by molar-refractivity contribution is 6.34. The molecule has 0 aliphatic carbocycles. The van der Waals surface area contributed by atoms with Gasteiger partial charge in [-0.15, -0.1) is 0 Å². The van der Waals surface area contributed by atoms with Gasteiger partial charge in [0.1, 0.15) is 22.1 Å². The topological polar surface area (TPSA) is 55.8 Å². The Kier molecular flexibility index (Phi) is 3.19. The number of aromatic hydroxyl groups is 1. The van der Waals surface area contributed by atoms with E-state index in [-0.39, 0.29) is 27.8 Å². The Labute approximate surface area is 86.0 Å². The van der Waals surface area contributed by atoms with E-state index in [0.717, 1.165) is 0 Å². The lowest BCUT2D eigenvalue weighted by Gasteiger charge is -2.11. The van der Waals surface area contributed by atoms with Gasteiger partial charge in [-0.1, -0.05) is 11.6 Å². The molecule has 0 aromatic heterocycles. The third kappa shape index (κ3) is 1.61. The van der Waals surface area contributed by atoms with Gasteiger partial charge in [0.15, 0.2) is 12.0 Å². The average molecular weight is 217 g/mol. The van der Waals surface area contributed by atoms with E-state index in [4.69, 9.17) is 21.1 Å². The second kappa shape index (κ2) is 4.19. The summed E-state index contributed by atoms with van der Waals surface area (Å²) in [6.07, 6.45) is 0.559. The summed E-state index contributed by atoms with van der Waals surface area (Å²) in [6.45, 7) is 0. The number of ether oxygens (including phenoxy) is 2. The Morgan fingerprint density at radius 2 is 2.07 bits per heavy atom. The number of phenols is 1. The fourth-order valence-corrected chi connectivity index (χ4v) is 1.33. The molecule has 76 valence electrons. The van der Waals surface area contributed by atoms with Crippen molar-refractivity contribution in [3.8, 4) is 17.2 Å². The average Bonchev–Trinajstić information content (AvgIpc) is 2.20. The Bertz CT molecular complexity index is 362. The summed E-state index contributed by atoms with van der Waals surface area (Å²) in [5.74, 6) is 0.142. The van der Waals surface area contributed by atoms with E-state index in [9.17, 15) is 9.90 Å². The van der Waals surface area contributed by atoms with Crippen LogP contribution < -0.4 is 9.47 Å². The number of rotatable bonds is 3. The van der Waals surface area contributed by atoms with Crippen LogP contribution >= 0.6 is 11.6 Å². The molecule has 0 heterocycles. The van der Waals surface area contributed by atoms with Crippen molar-refractivity contribution in [2.45, 2.75) is 0 Å². The van der Waals surface area contributed by atoms with Crippen LogP contribution in [0, 0.1) is 0 Å². The minimum atomic E-state index is -0.189. The maximum Gasteiger partial charge on any atom is 0.157 e. The van der Waals surface area contributed by atoms with E-state index >= 15 is 0 Å². The molecule has 0 unspecified atom stereocenters. The maximum atomic E-state index is 10.7. The molecule has 0 aliphatic heterocycles. The van der Waals surface area contributed by atoms with Crippen molar-refractivity contribution < 1.29 is 19.4 Å². The van der Waals surface area contributed by atoms with Crippen molar-refractivity contribution >= 4 is 17.9 Å². The summed E-state index contributed by atoms with van der Waals surface area (Å²) in [5, 5.41) is 9.35. The first-order chi connectivity index (χ1) is 6.65. The van der Waals surface area contributed by atoms with Crippen LogP contribution in [0.3, 0.4) is 0 Å². The zero-order valence-corrected chi connectivity index (χ0v) is 8.46. The summed E-state index contributed by atoms with van der Waals surface area (Å²) in [5.41, 5.74) is 0.179. The van der Waals surface area contributed by atoms with Crippen molar-refractivity contribution in [2.24, 2.45) is 0 Å². The number of phenolic OH excluding ortho intramolecular Hbond substituents is 1. The van der Waals surface area contributed by atoms with Gasteiger partial charge in [-0.05, 0) is 0 Å². The second-order valence-corrected chi connectivity index (χ2v) is 2.85. The van der Waals surface area contributed by atoms with Crippen molar-refractivity contribution in [1.29, 1.82) is 0 Å². The Balaban J connectivity index is 3.49. The standard InChI is InChI=1S/C9H9ClO4/c1-13-7-3-6(12)8(10)9(14-2)5(7)4-11/h3-4,12H,1-2H3. The molecule has 1 N–H and O–H groups in total. The summed E-state index contributed by atoms with van der Waals surface area (Å²) < 4.78 is 9.77. The predicted molar refractivity (Wildman–Crippen MR) is 51.6 cm³/mol. The van der Waals surface area contributed by atoms with E-state index in [1.54, 1.807) is 0 Å². The van der Waals surface area contributed by atoms with Gasteiger partial charge in [0.25, 0.3) is 0 Å². The van der Waals surface area contributed by atoms with Gasteiger partial charge in [-0.2, -0.15) is 0 Å². The molecule has 1 rings (SSSR count). The molecular formula is C9H9ClO4. The zero-order valence-electron chi connectivity index (χ0n) is 7.70. The summed E-state index contributed by atoms with van der Waals surface area (Å²) >= 11 is 5.72. The van der Waals surface area contributed by atoms with Gasteiger partial charge in [0.2, 0.25) is 0 Å². The molecule has 0 atom stereocenters. The number of carbonyl (C=O) groups excluding carboxylic acids is 1. The zero-order chi connectivity index (χ0) is 10.7. The summed E-state index contributed by atoms with van der Waals surface area (Å²) in [4.78, 5) is 10.7. The Morgan fingerprint density at radius 1 is 1.43 bits per heavy atom. The Hall–Kier alpha value is -1.42. The largest absolute Gasteiger partial charge is 0.506 e. The van der Waals surface area contributed by atoms with Crippen LogP contribution in [0.25, 0.3) is 0 Å². The second-order valence-electron chi connectivity index (χ2n) is 2.48. The van der Waals surface area contributed by atoms with Crippen molar-refractivity contribution in [1.82, 2.24) is 0 Å². The van der Waals surface area contributed by atoms with Crippen LogP contribution in [-0.4, -0.2) is 25.6 Å². The van der Waals surface area contributed by atoms with Crippen LogP contribution in [0.15, 0.2) is 6.07 Å². The van der Waals surface area contributed by atoms with E-state index in [0.29, 0.717) is 6.29 Å². The molecule has 0 bridgehead atoms. The first kappa shape index (κ1) is 10.7. The molecule has 0 aliphatic rings. The molecular weight excluding hydrogens is 208 g/mol. The number of halogens is 1. The quantitative estimate of drug-likeness (QED) is 0.784. The van der Waals surface area contributed by atoms with Crippen LogP contribution in [0.5, 0.6) is 17.2 Å². The van der Waals surface area contributed by atoms with Gasteiger partial charge < -0.3 is 14.6 Å². The van der Waals surface area contributed by atoms with Crippen LogP contribution in [0.1, 0.15) is 10.4 Å². The van der Waals surface area contributed by atoms with Gasteiger partial charge in [0, 0.05) is 6.07 Å². The molecule has 1 aromatic carbocycles. The Morgan fingerprint density at radius 3 is 2.50 bits per heavy atom. The van der Waals surface area contributed by atoms with Gasteiger partial charge in [-0.25, -0.2) is 0 Å². The third-order valence-corrected chi connectivity index (χ3v) is 2.11. The van der Waals surface area contributed by atoms with Crippen molar-refractivity contribution in [2.75, 3.05) is 14.2 Å². The van der Waals surface area contributed by atoms with Crippen molar-refractivity contribution in [3.05, 3.63) is 16.7 Å². The number of benzene rings is 1. The highest BCUT2D eigenvalue weighted by Gasteiger charge is 2.17. The highest BCUT2D eigenvalue weighted by atomic mass is 35.5. The smallest absolute Gasteiger partial charge is 0.157 e. The van der Waals surface area contributed by atoms with E-state index < -0.39 is 0 Å². The van der Waals surface area contributed by atoms with Gasteiger partial charge in [-0.3, -0.25) is 4.79 Å². The number of hydrogen-bond donors (Lipinski definition) is 1. The molecule has 0 amide bonds. The molecule has 14 heavy (non-hydrogen) atoms. The minimum Gasteiger partial charge on any atom is -0.506 e. The van der Waals surface area contributed by atoms with Crippen LogP contribution in [0.2, 0.25) is 5.02 Å². The monoisotopic (exact) mass is 216 g/mol. The van der Waals surface area contributed by atoms with E-state index in [1.807, 2.05) is 0 Å². The third-order valence-electron chi connectivity index (χ3n) is 1.74. The normalized spacial score (nSPS) is 9.64. The van der Waals surface area contributed by atoms with Crippen LogP contribution in [0.4, 0.5) is 0 Å². The minimum absolute atomic E-state index is 0.00426. The summed E-state index contributed by atoms with van der Waals surface area (Å²) in [6, 6.07) is 1.26. The lowest BCUT2D eigenvalue weighted by atomic mass is 10.2. The molecule has 0 saturated carbocycles. The van der Waals surface area contributed by atoms with E-state index in [2.05, 4.69) is 0 Å². The first-order valence-electron chi connectivity index (χ1n) is 3.74. The molecule has 0 radical (unpaired) electrons. The maximum absolute atomic E-state index is 10.7. The fourth-order valence-electron chi connectivity index (χ4n) is 1.09. The molecule has 5 heteroatoms. The fraction of sp³-hybridized carbons (Fsp3) is 0.222. The number of hydrogen-bond acceptors (Lipinski definition) is 4. The molecule has 0 fully saturated rings.